The van der Waals surface area contributed by atoms with Crippen LogP contribution in [0.2, 0.25) is 0 Å². The van der Waals surface area contributed by atoms with Gasteiger partial charge in [-0.15, -0.1) is 0 Å². The maximum absolute atomic E-state index is 13.4. The highest BCUT2D eigenvalue weighted by molar-refractivity contribution is 14.1. The van der Waals surface area contributed by atoms with Gasteiger partial charge in [-0.25, -0.2) is 4.39 Å². The molecule has 3 rings (SSSR count). The molecule has 0 aliphatic heterocycles. The van der Waals surface area contributed by atoms with Crippen molar-refractivity contribution in [2.75, 3.05) is 12.4 Å². The summed E-state index contributed by atoms with van der Waals surface area (Å²) in [6, 6.07) is 18.9. The van der Waals surface area contributed by atoms with E-state index >= 15 is 0 Å². The number of hydrogen-bond acceptors (Lipinski definition) is 4. The number of ether oxygens (including phenoxy) is 2. The van der Waals surface area contributed by atoms with Crippen LogP contribution < -0.4 is 14.8 Å². The van der Waals surface area contributed by atoms with E-state index in [-0.39, 0.29) is 18.0 Å². The summed E-state index contributed by atoms with van der Waals surface area (Å²) in [4.78, 5) is 12.5. The van der Waals surface area contributed by atoms with Gasteiger partial charge in [-0.2, -0.15) is 5.26 Å². The molecule has 3 aromatic rings. The van der Waals surface area contributed by atoms with Crippen molar-refractivity contribution in [3.05, 3.63) is 92.3 Å². The molecule has 0 spiro atoms. The molecular formula is C25H20FIN2O3. The first-order valence-electron chi connectivity index (χ1n) is 9.64. The zero-order valence-corrected chi connectivity index (χ0v) is 19.6. The minimum Gasteiger partial charge on any atom is -0.493 e. The van der Waals surface area contributed by atoms with E-state index in [0.717, 1.165) is 9.13 Å². The maximum Gasteiger partial charge on any atom is 0.266 e. The van der Waals surface area contributed by atoms with Crippen molar-refractivity contribution in [1.29, 1.82) is 5.26 Å². The fourth-order valence-corrected chi connectivity index (χ4v) is 3.68. The van der Waals surface area contributed by atoms with Crippen LogP contribution in [0.4, 0.5) is 10.1 Å². The number of rotatable bonds is 7. The van der Waals surface area contributed by atoms with Crippen molar-refractivity contribution >= 4 is 40.3 Å². The molecule has 0 saturated heterocycles. The summed E-state index contributed by atoms with van der Waals surface area (Å²) in [6.07, 6.45) is 1.49. The Morgan fingerprint density at radius 1 is 1.19 bits per heavy atom. The number of nitrogens with zero attached hydrogens (tertiary/aromatic N) is 1. The van der Waals surface area contributed by atoms with Gasteiger partial charge in [0.2, 0.25) is 0 Å². The zero-order valence-electron chi connectivity index (χ0n) is 17.5. The lowest BCUT2D eigenvalue weighted by Gasteiger charge is -2.14. The fraction of sp³-hybridized carbons (Fsp3) is 0.120. The third kappa shape index (κ3) is 6.08. The normalized spacial score (nSPS) is 10.9. The molecule has 0 aliphatic rings. The van der Waals surface area contributed by atoms with Gasteiger partial charge < -0.3 is 14.8 Å². The van der Waals surface area contributed by atoms with Crippen molar-refractivity contribution in [2.45, 2.75) is 13.5 Å². The molecule has 0 fully saturated rings. The number of aryl methyl sites for hydroxylation is 1. The number of hydrogen-bond donors (Lipinski definition) is 1. The van der Waals surface area contributed by atoms with Crippen LogP contribution in [0, 0.1) is 27.6 Å². The number of carbonyl (C=O) groups excluding carboxylic acids is 1. The lowest BCUT2D eigenvalue weighted by atomic mass is 10.1. The van der Waals surface area contributed by atoms with Gasteiger partial charge in [0.1, 0.15) is 24.1 Å². The molecule has 32 heavy (non-hydrogen) atoms. The Kier molecular flexibility index (Phi) is 7.84. The van der Waals surface area contributed by atoms with E-state index in [2.05, 4.69) is 27.9 Å². The van der Waals surface area contributed by atoms with Gasteiger partial charge >= 0.3 is 0 Å². The molecule has 0 atom stereocenters. The van der Waals surface area contributed by atoms with Crippen LogP contribution in [0.3, 0.4) is 0 Å². The molecule has 0 saturated carbocycles. The van der Waals surface area contributed by atoms with E-state index in [1.807, 2.05) is 25.1 Å². The second kappa shape index (κ2) is 10.8. The molecule has 0 heterocycles. The van der Waals surface area contributed by atoms with E-state index in [9.17, 15) is 14.4 Å². The lowest BCUT2D eigenvalue weighted by Crippen LogP contribution is -2.13. The highest BCUT2D eigenvalue weighted by Crippen LogP contribution is 2.35. The summed E-state index contributed by atoms with van der Waals surface area (Å²) < 4.78 is 25.4. The molecule has 0 aliphatic carbocycles. The molecule has 7 heteroatoms. The van der Waals surface area contributed by atoms with Crippen molar-refractivity contribution < 1.29 is 18.7 Å². The number of methoxy groups -OCH3 is 1. The molecule has 1 amide bonds. The predicted octanol–water partition coefficient (Wildman–Crippen LogP) is 5.87. The zero-order chi connectivity index (χ0) is 23.1. The number of benzene rings is 3. The average molecular weight is 542 g/mol. The molecular weight excluding hydrogens is 522 g/mol. The van der Waals surface area contributed by atoms with Gasteiger partial charge in [0.05, 0.1) is 10.7 Å². The number of halogens is 2. The van der Waals surface area contributed by atoms with Gasteiger partial charge in [0, 0.05) is 5.69 Å². The monoisotopic (exact) mass is 542 g/mol. The molecule has 5 nitrogen and oxygen atoms in total. The van der Waals surface area contributed by atoms with E-state index in [0.29, 0.717) is 28.3 Å². The molecule has 0 aromatic heterocycles. The number of amides is 1. The number of nitrogens with one attached hydrogen (secondary N) is 1. The Bertz CT molecular complexity index is 1200. The SMILES string of the molecule is COc1cc(/C=C(\C#N)C(=O)Nc2ccc(C)cc2)cc(I)c1OCc1cccc(F)c1. The first-order valence-corrected chi connectivity index (χ1v) is 10.7. The Labute approximate surface area is 199 Å². The van der Waals surface area contributed by atoms with Crippen molar-refractivity contribution in [2.24, 2.45) is 0 Å². The molecule has 0 unspecified atom stereocenters. The highest BCUT2D eigenvalue weighted by atomic mass is 127. The summed E-state index contributed by atoms with van der Waals surface area (Å²) in [5.74, 6) is 0.103. The van der Waals surface area contributed by atoms with E-state index in [4.69, 9.17) is 9.47 Å². The summed E-state index contributed by atoms with van der Waals surface area (Å²) >= 11 is 2.09. The van der Waals surface area contributed by atoms with Crippen LogP contribution in [-0.4, -0.2) is 13.0 Å². The summed E-state index contributed by atoms with van der Waals surface area (Å²) in [5.41, 5.74) is 2.93. The first-order chi connectivity index (χ1) is 15.4. The van der Waals surface area contributed by atoms with Gasteiger partial charge in [-0.05, 0) is 83.1 Å². The van der Waals surface area contributed by atoms with Crippen LogP contribution in [-0.2, 0) is 11.4 Å². The van der Waals surface area contributed by atoms with E-state index in [1.165, 1.54) is 25.3 Å². The van der Waals surface area contributed by atoms with Gasteiger partial charge in [0.15, 0.2) is 11.5 Å². The summed E-state index contributed by atoms with van der Waals surface area (Å²) in [6.45, 7) is 2.12. The van der Waals surface area contributed by atoms with Crippen LogP contribution >= 0.6 is 22.6 Å². The topological polar surface area (TPSA) is 71.3 Å². The minimum absolute atomic E-state index is 0.0446. The van der Waals surface area contributed by atoms with Crippen molar-refractivity contribution in [1.82, 2.24) is 0 Å². The number of nitriles is 1. The third-order valence-electron chi connectivity index (χ3n) is 4.51. The average Bonchev–Trinajstić information content (AvgIpc) is 2.77. The van der Waals surface area contributed by atoms with Crippen molar-refractivity contribution in [3.63, 3.8) is 0 Å². The molecule has 0 bridgehead atoms. The van der Waals surface area contributed by atoms with Crippen LogP contribution in [0.25, 0.3) is 6.08 Å². The highest BCUT2D eigenvalue weighted by Gasteiger charge is 2.14. The van der Waals surface area contributed by atoms with Gasteiger partial charge in [0.25, 0.3) is 5.91 Å². The van der Waals surface area contributed by atoms with Crippen LogP contribution in [0.15, 0.2) is 66.2 Å². The van der Waals surface area contributed by atoms with E-state index < -0.39 is 5.91 Å². The third-order valence-corrected chi connectivity index (χ3v) is 5.31. The van der Waals surface area contributed by atoms with Crippen LogP contribution in [0.1, 0.15) is 16.7 Å². The largest absolute Gasteiger partial charge is 0.493 e. The van der Waals surface area contributed by atoms with Crippen molar-refractivity contribution in [3.8, 4) is 17.6 Å². The smallest absolute Gasteiger partial charge is 0.266 e. The standard InChI is InChI=1S/C25H20FIN2O3/c1-16-6-8-21(9-7-16)29-25(30)19(14-28)10-18-12-22(27)24(23(13-18)31-2)32-15-17-4-3-5-20(26)11-17/h3-13H,15H2,1-2H3,(H,29,30)/b19-10+. The van der Waals surface area contributed by atoms with Crippen LogP contribution in [0.5, 0.6) is 11.5 Å². The first kappa shape index (κ1) is 23.3. The Morgan fingerprint density at radius 3 is 2.59 bits per heavy atom. The second-order valence-electron chi connectivity index (χ2n) is 6.94. The minimum atomic E-state index is -0.503. The molecule has 1 N–H and O–H groups in total. The Morgan fingerprint density at radius 2 is 1.94 bits per heavy atom. The Balaban J connectivity index is 1.81. The van der Waals surface area contributed by atoms with Gasteiger partial charge in [-0.3, -0.25) is 4.79 Å². The number of carbonyl (C=O) groups is 1. The summed E-state index contributed by atoms with van der Waals surface area (Å²) in [7, 11) is 1.50. The quantitative estimate of drug-likeness (QED) is 0.230. The second-order valence-corrected chi connectivity index (χ2v) is 8.10. The molecule has 162 valence electrons. The fourth-order valence-electron chi connectivity index (χ4n) is 2.90. The predicted molar refractivity (Wildman–Crippen MR) is 130 cm³/mol. The molecule has 3 aromatic carbocycles. The molecule has 0 radical (unpaired) electrons. The van der Waals surface area contributed by atoms with E-state index in [1.54, 1.807) is 36.4 Å². The lowest BCUT2D eigenvalue weighted by molar-refractivity contribution is -0.112. The maximum atomic E-state index is 13.4. The number of anilines is 1. The Hall–Kier alpha value is -3.38. The van der Waals surface area contributed by atoms with Gasteiger partial charge in [-0.1, -0.05) is 29.8 Å². The summed E-state index contributed by atoms with van der Waals surface area (Å²) in [5, 5.41) is 12.2.